The molecule has 0 spiro atoms. The van der Waals surface area contributed by atoms with Gasteiger partial charge in [0.1, 0.15) is 11.6 Å². The number of benzene rings is 4. The smallest absolute Gasteiger partial charge is 0.126 e. The average molecular weight is 475 g/mol. The number of halogens is 2. The summed E-state index contributed by atoms with van der Waals surface area (Å²) in [5.41, 5.74) is 6.81. The van der Waals surface area contributed by atoms with Crippen LogP contribution in [0.5, 0.6) is 0 Å². The predicted molar refractivity (Wildman–Crippen MR) is 140 cm³/mol. The highest BCUT2D eigenvalue weighted by molar-refractivity contribution is 5.89. The maximum Gasteiger partial charge on any atom is 0.126 e. The van der Waals surface area contributed by atoms with Crippen LogP contribution in [-0.2, 0) is 6.42 Å². The minimum Gasteiger partial charge on any atom is -0.361 e. The normalized spacial score (nSPS) is 19.2. The number of hydrogen-bond acceptors (Lipinski definition) is 0. The minimum atomic E-state index is -0.222. The zero-order valence-electron chi connectivity index (χ0n) is 19.5. The van der Waals surface area contributed by atoms with Crippen LogP contribution in [0.25, 0.3) is 21.8 Å². The van der Waals surface area contributed by atoms with E-state index in [1.807, 2.05) is 48.5 Å². The number of H-pyrrole nitrogens is 2. The van der Waals surface area contributed by atoms with Gasteiger partial charge in [0, 0.05) is 45.5 Å². The Morgan fingerprint density at radius 2 is 1.31 bits per heavy atom. The molecule has 0 fully saturated rings. The fourth-order valence-corrected chi connectivity index (χ4v) is 6.39. The van der Waals surface area contributed by atoms with Crippen molar-refractivity contribution in [1.82, 2.24) is 9.97 Å². The maximum absolute atomic E-state index is 15.5. The zero-order valence-corrected chi connectivity index (χ0v) is 19.5. The van der Waals surface area contributed by atoms with Crippen molar-refractivity contribution in [3.63, 3.8) is 0 Å². The summed E-state index contributed by atoms with van der Waals surface area (Å²) in [6.07, 6.45) is 2.54. The van der Waals surface area contributed by atoms with Crippen LogP contribution >= 0.6 is 0 Å². The molecule has 7 rings (SSSR count). The van der Waals surface area contributed by atoms with Crippen molar-refractivity contribution in [3.05, 3.63) is 143 Å². The number of aromatic amines is 2. The first-order chi connectivity index (χ1) is 17.7. The van der Waals surface area contributed by atoms with Crippen LogP contribution in [0.3, 0.4) is 0 Å². The Kier molecular flexibility index (Phi) is 4.81. The minimum absolute atomic E-state index is 0.108. The molecular weight excluding hydrogens is 450 g/mol. The first-order valence-corrected chi connectivity index (χ1v) is 12.3. The second-order valence-corrected chi connectivity index (χ2v) is 9.71. The van der Waals surface area contributed by atoms with E-state index < -0.39 is 0 Å². The molecule has 0 radical (unpaired) electrons. The second kappa shape index (κ2) is 8.20. The molecule has 0 saturated heterocycles. The molecule has 1 aliphatic carbocycles. The summed E-state index contributed by atoms with van der Waals surface area (Å²) in [6, 6.07) is 30.5. The van der Waals surface area contributed by atoms with Crippen LogP contribution < -0.4 is 0 Å². The van der Waals surface area contributed by atoms with Crippen LogP contribution in [0.15, 0.2) is 103 Å². The number of hydrogen-bond donors (Lipinski definition) is 2. The molecule has 36 heavy (non-hydrogen) atoms. The molecule has 0 amide bonds. The first-order valence-electron chi connectivity index (χ1n) is 12.3. The Morgan fingerprint density at radius 3 is 2.11 bits per heavy atom. The summed E-state index contributed by atoms with van der Waals surface area (Å²) in [5.74, 6) is -0.862. The van der Waals surface area contributed by atoms with Crippen LogP contribution in [-0.4, -0.2) is 9.97 Å². The Hall–Kier alpha value is -4.18. The van der Waals surface area contributed by atoms with Crippen LogP contribution in [0.4, 0.5) is 8.78 Å². The van der Waals surface area contributed by atoms with Crippen molar-refractivity contribution in [2.24, 2.45) is 0 Å². The lowest BCUT2D eigenvalue weighted by Crippen LogP contribution is -2.16. The lowest BCUT2D eigenvalue weighted by Gasteiger charge is -2.27. The Balaban J connectivity index is 1.53. The molecule has 0 aliphatic heterocycles. The Labute approximate surface area is 207 Å². The van der Waals surface area contributed by atoms with E-state index in [1.54, 1.807) is 12.1 Å². The monoisotopic (exact) mass is 474 g/mol. The highest BCUT2D eigenvalue weighted by Crippen LogP contribution is 2.58. The van der Waals surface area contributed by atoms with Gasteiger partial charge < -0.3 is 9.97 Å². The van der Waals surface area contributed by atoms with E-state index in [2.05, 4.69) is 40.4 Å². The third kappa shape index (κ3) is 3.14. The molecule has 4 aromatic carbocycles. The molecule has 2 heterocycles. The highest BCUT2D eigenvalue weighted by atomic mass is 19.1. The SMILES string of the molecule is Fc1ccccc1C[C@H]1c2c([nH]c3ccccc23)[C@@H](c2c[nH]c3ccccc23)[C@@H]1c1ccccc1F. The molecule has 176 valence electrons. The van der Waals surface area contributed by atoms with Gasteiger partial charge in [0.05, 0.1) is 0 Å². The van der Waals surface area contributed by atoms with Gasteiger partial charge >= 0.3 is 0 Å². The third-order valence-electron chi connectivity index (χ3n) is 7.87. The molecule has 6 aromatic rings. The fraction of sp³-hybridized carbons (Fsp3) is 0.125. The van der Waals surface area contributed by atoms with Gasteiger partial charge in [-0.3, -0.25) is 0 Å². The van der Waals surface area contributed by atoms with Gasteiger partial charge in [-0.25, -0.2) is 8.78 Å². The summed E-state index contributed by atoms with van der Waals surface area (Å²) in [5, 5.41) is 2.25. The quantitative estimate of drug-likeness (QED) is 0.258. The van der Waals surface area contributed by atoms with Crippen molar-refractivity contribution in [1.29, 1.82) is 0 Å². The number of rotatable bonds is 4. The van der Waals surface area contributed by atoms with Crippen molar-refractivity contribution < 1.29 is 8.78 Å². The number of para-hydroxylation sites is 2. The maximum atomic E-state index is 15.5. The molecule has 2 N–H and O–H groups in total. The second-order valence-electron chi connectivity index (χ2n) is 9.71. The molecule has 2 nitrogen and oxygen atoms in total. The number of aromatic nitrogens is 2. The standard InChI is InChI=1S/C32H24F2N2/c33-25-13-5-1-9-19(25)17-23-29(21-11-2-6-14-26(21)34)31(24-18-35-27-15-7-3-10-20(24)27)32-30(23)22-12-4-8-16-28(22)36-32/h1-16,18,23,29,31,35-36H,17H2/t23-,29-,31+/m1/s1. The summed E-state index contributed by atoms with van der Waals surface area (Å²) in [4.78, 5) is 7.12. The van der Waals surface area contributed by atoms with Gasteiger partial charge in [-0.1, -0.05) is 72.8 Å². The van der Waals surface area contributed by atoms with Crippen LogP contribution in [0.1, 0.15) is 45.7 Å². The van der Waals surface area contributed by atoms with Gasteiger partial charge in [-0.2, -0.15) is 0 Å². The molecule has 0 unspecified atom stereocenters. The lowest BCUT2D eigenvalue weighted by molar-refractivity contribution is 0.493. The van der Waals surface area contributed by atoms with Gasteiger partial charge in [0.25, 0.3) is 0 Å². The van der Waals surface area contributed by atoms with Crippen LogP contribution in [0, 0.1) is 11.6 Å². The molecule has 1 aliphatic rings. The molecule has 0 bridgehead atoms. The summed E-state index contributed by atoms with van der Waals surface area (Å²) < 4.78 is 30.5. The molecular formula is C32H24F2N2. The molecule has 2 aromatic heterocycles. The molecule has 3 atom stereocenters. The summed E-state index contributed by atoms with van der Waals surface area (Å²) in [6.45, 7) is 0. The van der Waals surface area contributed by atoms with E-state index in [1.165, 1.54) is 12.1 Å². The van der Waals surface area contributed by atoms with E-state index >= 15 is 4.39 Å². The van der Waals surface area contributed by atoms with E-state index in [0.717, 1.165) is 38.6 Å². The van der Waals surface area contributed by atoms with Gasteiger partial charge in [-0.15, -0.1) is 0 Å². The molecule has 4 heteroatoms. The van der Waals surface area contributed by atoms with Gasteiger partial charge in [-0.05, 0) is 58.9 Å². The largest absolute Gasteiger partial charge is 0.361 e. The van der Waals surface area contributed by atoms with Crippen molar-refractivity contribution >= 4 is 21.8 Å². The summed E-state index contributed by atoms with van der Waals surface area (Å²) in [7, 11) is 0. The molecule has 0 saturated carbocycles. The highest BCUT2D eigenvalue weighted by Gasteiger charge is 2.46. The fourth-order valence-electron chi connectivity index (χ4n) is 6.39. The number of fused-ring (bicyclic) bond motifs is 4. The van der Waals surface area contributed by atoms with Gasteiger partial charge in [0.2, 0.25) is 0 Å². The van der Waals surface area contributed by atoms with E-state index in [0.29, 0.717) is 17.5 Å². The van der Waals surface area contributed by atoms with Crippen molar-refractivity contribution in [2.45, 2.75) is 24.2 Å². The zero-order chi connectivity index (χ0) is 24.2. The van der Waals surface area contributed by atoms with E-state index in [-0.39, 0.29) is 29.4 Å². The van der Waals surface area contributed by atoms with Gasteiger partial charge in [0.15, 0.2) is 0 Å². The van der Waals surface area contributed by atoms with Crippen molar-refractivity contribution in [2.75, 3.05) is 0 Å². The lowest BCUT2D eigenvalue weighted by atomic mass is 9.75. The number of nitrogens with one attached hydrogen (secondary N) is 2. The Bertz CT molecular complexity index is 1730. The predicted octanol–water partition coefficient (Wildman–Crippen LogP) is 8.18. The van der Waals surface area contributed by atoms with Crippen LogP contribution in [0.2, 0.25) is 0 Å². The van der Waals surface area contributed by atoms with Crippen molar-refractivity contribution in [3.8, 4) is 0 Å². The topological polar surface area (TPSA) is 31.6 Å². The first kappa shape index (κ1) is 21.1. The van der Waals surface area contributed by atoms with E-state index in [4.69, 9.17) is 0 Å². The van der Waals surface area contributed by atoms with E-state index in [9.17, 15) is 4.39 Å². The third-order valence-corrected chi connectivity index (χ3v) is 7.87. The average Bonchev–Trinajstić information content (AvgIpc) is 3.57. The summed E-state index contributed by atoms with van der Waals surface area (Å²) >= 11 is 0. The Morgan fingerprint density at radius 1 is 0.639 bits per heavy atom.